The van der Waals surface area contributed by atoms with Crippen molar-refractivity contribution < 1.29 is 8.42 Å². The third-order valence-electron chi connectivity index (χ3n) is 6.14. The van der Waals surface area contributed by atoms with Gasteiger partial charge in [0, 0.05) is 38.1 Å². The fourth-order valence-electron chi connectivity index (χ4n) is 4.49. The summed E-state index contributed by atoms with van der Waals surface area (Å²) >= 11 is 0. The average molecular weight is 405 g/mol. The van der Waals surface area contributed by atoms with E-state index < -0.39 is 10.0 Å². The SMILES string of the molecule is O=S(=O)(c1ccccc1)N1C[C@H]2CN(Cc3ccc(-c4ccccc4)cc3)[C@H]2C1. The Hall–Kier alpha value is -2.47. The van der Waals surface area contributed by atoms with E-state index >= 15 is 0 Å². The lowest BCUT2D eigenvalue weighted by Crippen LogP contribution is -2.54. The Morgan fingerprint density at radius 2 is 1.34 bits per heavy atom. The molecular weight excluding hydrogens is 380 g/mol. The quantitative estimate of drug-likeness (QED) is 0.648. The summed E-state index contributed by atoms with van der Waals surface area (Å²) in [7, 11) is -3.39. The van der Waals surface area contributed by atoms with Crippen molar-refractivity contribution in [1.82, 2.24) is 9.21 Å². The fourth-order valence-corrected chi connectivity index (χ4v) is 6.03. The smallest absolute Gasteiger partial charge is 0.243 e. The van der Waals surface area contributed by atoms with Crippen LogP contribution in [0.25, 0.3) is 11.1 Å². The molecule has 0 saturated carbocycles. The second-order valence-corrected chi connectivity index (χ2v) is 9.89. The average Bonchev–Trinajstić information content (AvgIpc) is 3.11. The van der Waals surface area contributed by atoms with Crippen LogP contribution in [0.1, 0.15) is 5.56 Å². The van der Waals surface area contributed by atoms with Gasteiger partial charge in [0.15, 0.2) is 0 Å². The van der Waals surface area contributed by atoms with Crippen LogP contribution in [0.15, 0.2) is 89.8 Å². The Balaban J connectivity index is 1.24. The van der Waals surface area contributed by atoms with Gasteiger partial charge < -0.3 is 0 Å². The van der Waals surface area contributed by atoms with Gasteiger partial charge in [-0.2, -0.15) is 4.31 Å². The molecule has 5 rings (SSSR count). The lowest BCUT2D eigenvalue weighted by molar-refractivity contribution is 0.0435. The Kier molecular flexibility index (Phi) is 4.74. The van der Waals surface area contributed by atoms with Crippen molar-refractivity contribution in [2.75, 3.05) is 19.6 Å². The first-order chi connectivity index (χ1) is 14.1. The largest absolute Gasteiger partial charge is 0.294 e. The second kappa shape index (κ2) is 7.41. The molecule has 4 nitrogen and oxygen atoms in total. The second-order valence-electron chi connectivity index (χ2n) is 7.95. The molecule has 0 bridgehead atoms. The monoisotopic (exact) mass is 404 g/mol. The van der Waals surface area contributed by atoms with Gasteiger partial charge in [0.2, 0.25) is 10.0 Å². The molecule has 2 aliphatic rings. The van der Waals surface area contributed by atoms with E-state index in [1.54, 1.807) is 28.6 Å². The van der Waals surface area contributed by atoms with Crippen molar-refractivity contribution in [2.24, 2.45) is 5.92 Å². The topological polar surface area (TPSA) is 40.6 Å². The van der Waals surface area contributed by atoms with Crippen molar-refractivity contribution in [2.45, 2.75) is 17.5 Å². The molecule has 0 radical (unpaired) electrons. The molecule has 0 N–H and O–H groups in total. The van der Waals surface area contributed by atoms with Crippen LogP contribution in [0.3, 0.4) is 0 Å². The molecule has 2 saturated heterocycles. The number of sulfonamides is 1. The summed E-state index contributed by atoms with van der Waals surface area (Å²) < 4.78 is 27.5. The Morgan fingerprint density at radius 1 is 0.724 bits per heavy atom. The molecule has 0 amide bonds. The van der Waals surface area contributed by atoms with Gasteiger partial charge in [-0.05, 0) is 28.8 Å². The number of rotatable bonds is 5. The van der Waals surface area contributed by atoms with E-state index in [1.165, 1.54) is 16.7 Å². The summed E-state index contributed by atoms with van der Waals surface area (Å²) in [5.74, 6) is 0.442. The summed E-state index contributed by atoms with van der Waals surface area (Å²) in [6, 6.07) is 28.2. The van der Waals surface area contributed by atoms with E-state index in [0.29, 0.717) is 29.9 Å². The van der Waals surface area contributed by atoms with Crippen molar-refractivity contribution in [3.8, 4) is 11.1 Å². The molecule has 0 aliphatic carbocycles. The van der Waals surface area contributed by atoms with Crippen LogP contribution in [0.5, 0.6) is 0 Å². The normalized spacial score (nSPS) is 22.2. The predicted molar refractivity (Wildman–Crippen MR) is 115 cm³/mol. The minimum atomic E-state index is -3.39. The molecule has 0 unspecified atom stereocenters. The highest BCUT2D eigenvalue weighted by atomic mass is 32.2. The summed E-state index contributed by atoms with van der Waals surface area (Å²) in [6.07, 6.45) is 0. The number of fused-ring (bicyclic) bond motifs is 1. The van der Waals surface area contributed by atoms with Gasteiger partial charge in [0.05, 0.1) is 4.90 Å². The first-order valence-electron chi connectivity index (χ1n) is 10.0. The van der Waals surface area contributed by atoms with Crippen LogP contribution in [0, 0.1) is 5.92 Å². The van der Waals surface area contributed by atoms with Gasteiger partial charge in [0.25, 0.3) is 0 Å². The molecule has 3 aromatic carbocycles. The molecule has 2 atom stereocenters. The highest BCUT2D eigenvalue weighted by Crippen LogP contribution is 2.36. The van der Waals surface area contributed by atoms with Crippen molar-refractivity contribution >= 4 is 10.0 Å². The number of nitrogens with zero attached hydrogens (tertiary/aromatic N) is 2. The Labute approximate surface area is 172 Å². The maximum Gasteiger partial charge on any atom is 0.243 e. The number of hydrogen-bond acceptors (Lipinski definition) is 3. The zero-order valence-corrected chi connectivity index (χ0v) is 17.0. The van der Waals surface area contributed by atoms with E-state index in [4.69, 9.17) is 0 Å². The predicted octanol–water partition coefficient (Wildman–Crippen LogP) is 3.86. The highest BCUT2D eigenvalue weighted by molar-refractivity contribution is 7.89. The molecular formula is C24H24N2O2S. The maximum atomic E-state index is 12.9. The van der Waals surface area contributed by atoms with Crippen LogP contribution in [0.4, 0.5) is 0 Å². The van der Waals surface area contributed by atoms with Gasteiger partial charge >= 0.3 is 0 Å². The van der Waals surface area contributed by atoms with Crippen LogP contribution < -0.4 is 0 Å². The minimum absolute atomic E-state index is 0.322. The standard InChI is InChI=1S/C24H24N2O2S/c27-29(28,23-9-5-2-6-10-23)26-17-22-16-25(24(22)18-26)15-19-11-13-21(14-12-19)20-7-3-1-4-8-20/h1-14,22,24H,15-18H2/t22-,24+/m1/s1. The zero-order valence-electron chi connectivity index (χ0n) is 16.2. The van der Waals surface area contributed by atoms with Crippen LogP contribution in [0.2, 0.25) is 0 Å². The maximum absolute atomic E-state index is 12.9. The molecule has 0 spiro atoms. The summed E-state index contributed by atoms with van der Waals surface area (Å²) in [5, 5.41) is 0. The Bertz CT molecular complexity index is 1080. The first kappa shape index (κ1) is 18.6. The van der Waals surface area contributed by atoms with Gasteiger partial charge in [-0.3, -0.25) is 4.90 Å². The van der Waals surface area contributed by atoms with E-state index in [0.717, 1.165) is 13.1 Å². The van der Waals surface area contributed by atoms with Crippen LogP contribution in [-0.4, -0.2) is 43.3 Å². The molecule has 5 heteroatoms. The van der Waals surface area contributed by atoms with E-state index in [9.17, 15) is 8.42 Å². The lowest BCUT2D eigenvalue weighted by Gasteiger charge is -2.43. The Morgan fingerprint density at radius 3 is 2.03 bits per heavy atom. The zero-order chi connectivity index (χ0) is 19.8. The van der Waals surface area contributed by atoms with Crippen molar-refractivity contribution in [3.63, 3.8) is 0 Å². The third-order valence-corrected chi connectivity index (χ3v) is 7.98. The van der Waals surface area contributed by atoms with Gasteiger partial charge in [0.1, 0.15) is 0 Å². The fraction of sp³-hybridized carbons (Fsp3) is 0.250. The summed E-state index contributed by atoms with van der Waals surface area (Å²) in [4.78, 5) is 2.80. The number of benzene rings is 3. The summed E-state index contributed by atoms with van der Waals surface area (Å²) in [6.45, 7) is 3.05. The lowest BCUT2D eigenvalue weighted by atomic mass is 9.91. The molecule has 148 valence electrons. The van der Waals surface area contributed by atoms with E-state index in [-0.39, 0.29) is 0 Å². The molecule has 3 aromatic rings. The van der Waals surface area contributed by atoms with Gasteiger partial charge in [-0.15, -0.1) is 0 Å². The van der Waals surface area contributed by atoms with Crippen molar-refractivity contribution in [1.29, 1.82) is 0 Å². The molecule has 2 heterocycles. The summed E-state index contributed by atoms with van der Waals surface area (Å²) in [5.41, 5.74) is 3.71. The molecule has 2 aliphatic heterocycles. The van der Waals surface area contributed by atoms with Gasteiger partial charge in [-0.1, -0.05) is 72.8 Å². The van der Waals surface area contributed by atoms with Crippen LogP contribution in [-0.2, 0) is 16.6 Å². The first-order valence-corrected chi connectivity index (χ1v) is 11.5. The number of likely N-dealkylation sites (tertiary alicyclic amines) is 1. The molecule has 2 fully saturated rings. The van der Waals surface area contributed by atoms with E-state index in [2.05, 4.69) is 53.4 Å². The number of hydrogen-bond donors (Lipinski definition) is 0. The van der Waals surface area contributed by atoms with Gasteiger partial charge in [-0.25, -0.2) is 8.42 Å². The van der Waals surface area contributed by atoms with Crippen LogP contribution >= 0.6 is 0 Å². The highest BCUT2D eigenvalue weighted by Gasteiger charge is 2.48. The van der Waals surface area contributed by atoms with E-state index in [1.807, 2.05) is 12.1 Å². The van der Waals surface area contributed by atoms with Crippen molar-refractivity contribution in [3.05, 3.63) is 90.5 Å². The minimum Gasteiger partial charge on any atom is -0.294 e. The molecule has 0 aromatic heterocycles. The third kappa shape index (κ3) is 3.50. The molecule has 29 heavy (non-hydrogen) atoms.